The molecule has 1 aromatic heterocycles. The number of carbonyl (C=O) groups is 2. The minimum absolute atomic E-state index is 0.0192. The maximum atomic E-state index is 13.5. The molecule has 0 spiro atoms. The number of hydrogen-bond donors (Lipinski definition) is 1. The van der Waals surface area contributed by atoms with Crippen molar-refractivity contribution in [1.29, 1.82) is 0 Å². The van der Waals surface area contributed by atoms with Crippen molar-refractivity contribution in [1.82, 2.24) is 14.5 Å². The van der Waals surface area contributed by atoms with Crippen LogP contribution >= 0.6 is 23.8 Å². The van der Waals surface area contributed by atoms with E-state index in [1.54, 1.807) is 18.4 Å². The number of aromatic amines is 1. The van der Waals surface area contributed by atoms with E-state index in [9.17, 15) is 27.6 Å². The van der Waals surface area contributed by atoms with E-state index >= 15 is 0 Å². The smallest absolute Gasteiger partial charge is 0.417 e. The first-order chi connectivity index (χ1) is 17.9. The second kappa shape index (κ2) is 11.2. The SMILES string of the molecule is CCOC(=O)CC1CCC(n2c(=S)[nH]c3c(c2=O)C[C@@H](C)N(C(=O)c2ccc(Cl)c(C(F)(F)F)c2)C3)CC1. The third-order valence-corrected chi connectivity index (χ3v) is 8.03. The van der Waals surface area contributed by atoms with Gasteiger partial charge in [0.2, 0.25) is 0 Å². The number of benzene rings is 1. The Bertz CT molecular complexity index is 1350. The number of nitrogens with zero attached hydrogens (tertiary/aromatic N) is 2. The van der Waals surface area contributed by atoms with Gasteiger partial charge in [0, 0.05) is 35.3 Å². The van der Waals surface area contributed by atoms with Crippen LogP contribution in [-0.4, -0.2) is 39.0 Å². The average Bonchev–Trinajstić information content (AvgIpc) is 2.84. The van der Waals surface area contributed by atoms with Crippen molar-refractivity contribution >= 4 is 35.7 Å². The van der Waals surface area contributed by atoms with Gasteiger partial charge in [0.1, 0.15) is 0 Å². The molecule has 0 bridgehead atoms. The fourth-order valence-corrected chi connectivity index (χ4v) is 6.00. The highest BCUT2D eigenvalue weighted by Crippen LogP contribution is 2.36. The summed E-state index contributed by atoms with van der Waals surface area (Å²) in [6.07, 6.45) is -1.11. The van der Waals surface area contributed by atoms with Gasteiger partial charge in [-0.25, -0.2) is 0 Å². The number of alkyl halides is 3. The zero-order valence-electron chi connectivity index (χ0n) is 21.1. The minimum atomic E-state index is -4.69. The van der Waals surface area contributed by atoms with Crippen LogP contribution in [0.2, 0.25) is 5.02 Å². The van der Waals surface area contributed by atoms with Gasteiger partial charge in [-0.15, -0.1) is 0 Å². The van der Waals surface area contributed by atoms with E-state index in [-0.39, 0.29) is 46.8 Å². The summed E-state index contributed by atoms with van der Waals surface area (Å²) in [5.74, 6) is -0.587. The number of nitrogens with one attached hydrogen (secondary N) is 1. The van der Waals surface area contributed by atoms with Crippen LogP contribution in [0.5, 0.6) is 0 Å². The number of rotatable bonds is 5. The Balaban J connectivity index is 1.54. The van der Waals surface area contributed by atoms with E-state index < -0.39 is 28.7 Å². The lowest BCUT2D eigenvalue weighted by atomic mass is 9.84. The quantitative estimate of drug-likeness (QED) is 0.359. The molecule has 0 saturated heterocycles. The lowest BCUT2D eigenvalue weighted by Gasteiger charge is -2.36. The van der Waals surface area contributed by atoms with Crippen LogP contribution in [0.3, 0.4) is 0 Å². The summed E-state index contributed by atoms with van der Waals surface area (Å²) >= 11 is 11.2. The number of fused-ring (bicyclic) bond motifs is 1. The number of ether oxygens (including phenoxy) is 1. The van der Waals surface area contributed by atoms with Crippen LogP contribution in [0.15, 0.2) is 23.0 Å². The second-order valence-corrected chi connectivity index (χ2v) is 10.7. The molecule has 206 valence electrons. The molecule has 0 radical (unpaired) electrons. The lowest BCUT2D eigenvalue weighted by Crippen LogP contribution is -2.46. The molecule has 4 rings (SSSR count). The predicted octanol–water partition coefficient (Wildman–Crippen LogP) is 5.85. The van der Waals surface area contributed by atoms with Crippen LogP contribution in [0.1, 0.15) is 79.2 Å². The Hall–Kier alpha value is -2.66. The molecule has 1 aliphatic heterocycles. The largest absolute Gasteiger partial charge is 0.466 e. The van der Waals surface area contributed by atoms with Gasteiger partial charge >= 0.3 is 12.1 Å². The fourth-order valence-electron chi connectivity index (χ4n) is 5.42. The first-order valence-corrected chi connectivity index (χ1v) is 13.4. The molecular weight excluding hydrogens is 543 g/mol. The summed E-state index contributed by atoms with van der Waals surface area (Å²) < 4.78 is 46.8. The number of hydrogen-bond acceptors (Lipinski definition) is 5. The number of halogens is 4. The molecule has 2 aromatic rings. The first-order valence-electron chi connectivity index (χ1n) is 12.6. The molecule has 1 atom stereocenters. The van der Waals surface area contributed by atoms with E-state index in [0.29, 0.717) is 37.1 Å². The molecule has 2 aliphatic rings. The zero-order chi connectivity index (χ0) is 27.8. The van der Waals surface area contributed by atoms with Crippen LogP contribution < -0.4 is 5.56 Å². The summed E-state index contributed by atoms with van der Waals surface area (Å²) in [7, 11) is 0. The van der Waals surface area contributed by atoms with E-state index in [4.69, 9.17) is 28.6 Å². The highest BCUT2D eigenvalue weighted by Gasteiger charge is 2.36. The van der Waals surface area contributed by atoms with Crippen molar-refractivity contribution in [3.63, 3.8) is 0 Å². The second-order valence-electron chi connectivity index (χ2n) is 9.92. The average molecular weight is 572 g/mol. The third-order valence-electron chi connectivity index (χ3n) is 7.40. The van der Waals surface area contributed by atoms with Gasteiger partial charge in [0.05, 0.1) is 23.7 Å². The van der Waals surface area contributed by atoms with Gasteiger partial charge in [-0.1, -0.05) is 11.6 Å². The van der Waals surface area contributed by atoms with Crippen LogP contribution in [-0.2, 0) is 28.7 Å². The number of H-pyrrole nitrogens is 1. The molecule has 0 unspecified atom stereocenters. The molecule has 7 nitrogen and oxygen atoms in total. The summed E-state index contributed by atoms with van der Waals surface area (Å²) in [6.45, 7) is 3.90. The van der Waals surface area contributed by atoms with Crippen molar-refractivity contribution in [2.75, 3.05) is 6.61 Å². The predicted molar refractivity (Wildman–Crippen MR) is 138 cm³/mol. The van der Waals surface area contributed by atoms with Crippen LogP contribution in [0.25, 0.3) is 0 Å². The Labute approximate surface area is 227 Å². The summed E-state index contributed by atoms with van der Waals surface area (Å²) in [5, 5.41) is -0.481. The van der Waals surface area contributed by atoms with E-state index in [1.807, 2.05) is 0 Å². The van der Waals surface area contributed by atoms with Crippen LogP contribution in [0.4, 0.5) is 13.2 Å². The molecule has 1 fully saturated rings. The zero-order valence-corrected chi connectivity index (χ0v) is 22.6. The Morgan fingerprint density at radius 2 is 1.89 bits per heavy atom. The third kappa shape index (κ3) is 5.83. The normalized spacial score (nSPS) is 21.6. The highest BCUT2D eigenvalue weighted by atomic mass is 35.5. The number of carbonyl (C=O) groups excluding carboxylic acids is 2. The first kappa shape index (κ1) is 28.4. The topological polar surface area (TPSA) is 84.4 Å². The molecule has 2 heterocycles. The van der Waals surface area contributed by atoms with Crippen LogP contribution in [0, 0.1) is 10.7 Å². The van der Waals surface area contributed by atoms with Gasteiger partial charge in [-0.05, 0) is 82.3 Å². The van der Waals surface area contributed by atoms with Crippen molar-refractivity contribution in [2.45, 2.75) is 77.2 Å². The van der Waals surface area contributed by atoms with E-state index in [2.05, 4.69) is 4.98 Å². The van der Waals surface area contributed by atoms with E-state index in [1.165, 1.54) is 11.0 Å². The molecule has 1 amide bonds. The van der Waals surface area contributed by atoms with Crippen molar-refractivity contribution in [2.24, 2.45) is 5.92 Å². The Kier molecular flexibility index (Phi) is 8.37. The van der Waals surface area contributed by atoms with Crippen molar-refractivity contribution in [3.05, 3.63) is 60.7 Å². The highest BCUT2D eigenvalue weighted by molar-refractivity contribution is 7.71. The minimum Gasteiger partial charge on any atom is -0.466 e. The summed E-state index contributed by atoms with van der Waals surface area (Å²) in [4.78, 5) is 43.1. The monoisotopic (exact) mass is 571 g/mol. The Morgan fingerprint density at radius 1 is 1.21 bits per heavy atom. The summed E-state index contributed by atoms with van der Waals surface area (Å²) in [6, 6.07) is 2.56. The molecule has 1 N–H and O–H groups in total. The standard InChI is InChI=1S/C26H29ClF3N3O4S/c1-3-37-22(34)11-15-4-7-17(8-5-15)33-24(36)18-10-14(2)32(13-21(18)31-25(33)38)23(35)16-6-9-20(27)19(12-16)26(28,29)30/h6,9,12,14-15,17H,3-5,7-8,10-11,13H2,1-2H3,(H,31,38)/t14-,15?,17?/m1/s1. The van der Waals surface area contributed by atoms with Gasteiger partial charge < -0.3 is 14.6 Å². The van der Waals surface area contributed by atoms with Crippen molar-refractivity contribution in [3.8, 4) is 0 Å². The summed E-state index contributed by atoms with van der Waals surface area (Å²) in [5.41, 5.74) is -0.403. The van der Waals surface area contributed by atoms with E-state index in [0.717, 1.165) is 25.0 Å². The van der Waals surface area contributed by atoms with Gasteiger partial charge in [0.25, 0.3) is 11.5 Å². The van der Waals surface area contributed by atoms with Gasteiger partial charge in [-0.2, -0.15) is 13.2 Å². The number of esters is 1. The molecule has 12 heteroatoms. The van der Waals surface area contributed by atoms with Crippen molar-refractivity contribution < 1.29 is 27.5 Å². The van der Waals surface area contributed by atoms with Gasteiger partial charge in [0.15, 0.2) is 4.77 Å². The van der Waals surface area contributed by atoms with Gasteiger partial charge in [-0.3, -0.25) is 19.0 Å². The number of aromatic nitrogens is 2. The Morgan fingerprint density at radius 3 is 2.53 bits per heavy atom. The molecular formula is C26H29ClF3N3O4S. The maximum Gasteiger partial charge on any atom is 0.417 e. The lowest BCUT2D eigenvalue weighted by molar-refractivity contribution is -0.144. The molecule has 1 aromatic carbocycles. The fraction of sp³-hybridized carbons (Fsp3) is 0.538. The number of amides is 1. The molecule has 1 aliphatic carbocycles. The maximum absolute atomic E-state index is 13.5. The molecule has 1 saturated carbocycles. The molecule has 38 heavy (non-hydrogen) atoms.